The Morgan fingerprint density at radius 1 is 1.15 bits per heavy atom. The minimum absolute atomic E-state index is 0. The van der Waals surface area contributed by atoms with Crippen LogP contribution in [-0.4, -0.2) is 65.0 Å². The average molecular weight is 498 g/mol. The van der Waals surface area contributed by atoms with Crippen LogP contribution < -0.4 is 16.0 Å². The molecular weight excluding hydrogens is 467 g/mol. The van der Waals surface area contributed by atoms with E-state index in [1.54, 1.807) is 7.11 Å². The fourth-order valence-corrected chi connectivity index (χ4v) is 2.57. The van der Waals surface area contributed by atoms with Gasteiger partial charge in [-0.3, -0.25) is 9.79 Å². The van der Waals surface area contributed by atoms with Crippen LogP contribution in [0.2, 0.25) is 0 Å². The summed E-state index contributed by atoms with van der Waals surface area (Å²) in [5, 5.41) is 11.3. The molecule has 0 unspecified atom stereocenters. The number of nitrogens with one attached hydrogen (secondary N) is 3. The van der Waals surface area contributed by atoms with Crippen LogP contribution in [0.4, 0.5) is 0 Å². The lowest BCUT2D eigenvalue weighted by Crippen LogP contribution is -2.38. The Morgan fingerprint density at radius 2 is 1.96 bits per heavy atom. The zero-order chi connectivity index (χ0) is 18.2. The quantitative estimate of drug-likeness (QED) is 0.168. The summed E-state index contributed by atoms with van der Waals surface area (Å²) in [5.41, 5.74) is 0. The molecule has 1 heterocycles. The number of rotatable bonds is 13. The molecule has 0 aliphatic heterocycles. The molecule has 1 rings (SSSR count). The highest BCUT2D eigenvalue weighted by atomic mass is 127. The summed E-state index contributed by atoms with van der Waals surface area (Å²) in [5.74, 6) is 0.779. The summed E-state index contributed by atoms with van der Waals surface area (Å²) in [4.78, 5) is 17.0. The van der Waals surface area contributed by atoms with Crippen molar-refractivity contribution in [3.63, 3.8) is 0 Å². The molecule has 0 atom stereocenters. The van der Waals surface area contributed by atoms with E-state index in [1.807, 2.05) is 24.4 Å². The fraction of sp³-hybridized carbons (Fsp3) is 0.647. The number of methoxy groups -OCH3 is 1. The molecule has 0 aliphatic rings. The van der Waals surface area contributed by atoms with Crippen molar-refractivity contribution in [1.82, 2.24) is 16.0 Å². The van der Waals surface area contributed by atoms with Gasteiger partial charge < -0.3 is 25.4 Å². The second kappa shape index (κ2) is 17.5. The molecule has 150 valence electrons. The monoisotopic (exact) mass is 498 g/mol. The highest BCUT2D eigenvalue weighted by Crippen LogP contribution is 2.07. The topological polar surface area (TPSA) is 84.0 Å². The van der Waals surface area contributed by atoms with E-state index >= 15 is 0 Å². The highest BCUT2D eigenvalue weighted by molar-refractivity contribution is 14.0. The largest absolute Gasteiger partial charge is 0.382 e. The predicted octanol–water partition coefficient (Wildman–Crippen LogP) is 2.09. The summed E-state index contributed by atoms with van der Waals surface area (Å²) < 4.78 is 10.3. The number of halogens is 1. The second-order valence-electron chi connectivity index (χ2n) is 5.23. The van der Waals surface area contributed by atoms with E-state index in [9.17, 15) is 4.79 Å². The van der Waals surface area contributed by atoms with Gasteiger partial charge in [0.25, 0.3) is 5.91 Å². The average Bonchev–Trinajstić information content (AvgIpc) is 3.15. The molecule has 0 aromatic carbocycles. The van der Waals surface area contributed by atoms with Crippen molar-refractivity contribution in [2.45, 2.75) is 19.8 Å². The first-order valence-electron chi connectivity index (χ1n) is 8.68. The maximum Gasteiger partial charge on any atom is 0.261 e. The normalized spacial score (nSPS) is 10.9. The molecule has 1 amide bonds. The number of nitrogens with zero attached hydrogens (tertiary/aromatic N) is 1. The van der Waals surface area contributed by atoms with Gasteiger partial charge in [0.2, 0.25) is 0 Å². The van der Waals surface area contributed by atoms with E-state index in [0.29, 0.717) is 32.9 Å². The molecular formula is C17H31IN4O3S. The maximum atomic E-state index is 11.8. The van der Waals surface area contributed by atoms with Crippen molar-refractivity contribution < 1.29 is 14.3 Å². The summed E-state index contributed by atoms with van der Waals surface area (Å²) in [7, 11) is 1.66. The Labute approximate surface area is 177 Å². The van der Waals surface area contributed by atoms with Gasteiger partial charge in [0.05, 0.1) is 18.1 Å². The smallest absolute Gasteiger partial charge is 0.261 e. The maximum absolute atomic E-state index is 11.8. The third-order valence-electron chi connectivity index (χ3n) is 3.17. The van der Waals surface area contributed by atoms with Crippen LogP contribution in [0.15, 0.2) is 22.5 Å². The number of hydrogen-bond donors (Lipinski definition) is 3. The van der Waals surface area contributed by atoms with E-state index in [0.717, 1.165) is 36.8 Å². The van der Waals surface area contributed by atoms with Gasteiger partial charge in [-0.1, -0.05) is 6.07 Å². The first-order valence-corrected chi connectivity index (χ1v) is 9.56. The number of hydrogen-bond acceptors (Lipinski definition) is 5. The lowest BCUT2D eigenvalue weighted by molar-refractivity contribution is 0.0698. The summed E-state index contributed by atoms with van der Waals surface area (Å²) in [6.07, 6.45) is 1.71. The SMILES string of the molecule is CCNC(=NCCCNC(=O)c1cccs1)NCCCOCCOC.I. The van der Waals surface area contributed by atoms with Crippen LogP contribution in [-0.2, 0) is 9.47 Å². The van der Waals surface area contributed by atoms with Crippen molar-refractivity contribution in [2.75, 3.05) is 53.1 Å². The van der Waals surface area contributed by atoms with Gasteiger partial charge >= 0.3 is 0 Å². The molecule has 0 saturated carbocycles. The van der Waals surface area contributed by atoms with Gasteiger partial charge in [0, 0.05) is 39.9 Å². The van der Waals surface area contributed by atoms with Gasteiger partial charge in [-0.15, -0.1) is 35.3 Å². The molecule has 9 heteroatoms. The summed E-state index contributed by atoms with van der Waals surface area (Å²) in [6.45, 7) is 6.87. The predicted molar refractivity (Wildman–Crippen MR) is 118 cm³/mol. The Hall–Kier alpha value is -0.910. The van der Waals surface area contributed by atoms with Crippen LogP contribution in [0.25, 0.3) is 0 Å². The first kappa shape index (κ1) is 25.1. The van der Waals surface area contributed by atoms with Gasteiger partial charge in [-0.25, -0.2) is 0 Å². The van der Waals surface area contributed by atoms with E-state index in [1.165, 1.54) is 11.3 Å². The van der Waals surface area contributed by atoms with Crippen LogP contribution in [0.5, 0.6) is 0 Å². The Morgan fingerprint density at radius 3 is 2.65 bits per heavy atom. The van der Waals surface area contributed by atoms with Gasteiger partial charge in [0.15, 0.2) is 5.96 Å². The molecule has 0 bridgehead atoms. The third-order valence-corrected chi connectivity index (χ3v) is 4.04. The molecule has 0 fully saturated rings. The molecule has 0 radical (unpaired) electrons. The van der Waals surface area contributed by atoms with Crippen LogP contribution in [0, 0.1) is 0 Å². The van der Waals surface area contributed by atoms with E-state index in [2.05, 4.69) is 20.9 Å². The first-order chi connectivity index (χ1) is 12.3. The van der Waals surface area contributed by atoms with Crippen molar-refractivity contribution in [1.29, 1.82) is 0 Å². The molecule has 0 spiro atoms. The van der Waals surface area contributed by atoms with Crippen molar-refractivity contribution in [3.05, 3.63) is 22.4 Å². The number of carbonyl (C=O) groups is 1. The van der Waals surface area contributed by atoms with E-state index < -0.39 is 0 Å². The Bertz CT molecular complexity index is 486. The van der Waals surface area contributed by atoms with Crippen LogP contribution in [0.3, 0.4) is 0 Å². The van der Waals surface area contributed by atoms with Gasteiger partial charge in [0.1, 0.15) is 0 Å². The number of guanidine groups is 1. The van der Waals surface area contributed by atoms with Gasteiger partial charge in [-0.05, 0) is 31.2 Å². The van der Waals surface area contributed by atoms with Crippen molar-refractivity contribution in [3.8, 4) is 0 Å². The third kappa shape index (κ3) is 12.4. The Balaban J connectivity index is 0.00000625. The lowest BCUT2D eigenvalue weighted by Gasteiger charge is -2.11. The molecule has 0 aliphatic carbocycles. The second-order valence-corrected chi connectivity index (χ2v) is 6.18. The molecule has 7 nitrogen and oxygen atoms in total. The van der Waals surface area contributed by atoms with E-state index in [4.69, 9.17) is 9.47 Å². The van der Waals surface area contributed by atoms with E-state index in [-0.39, 0.29) is 29.9 Å². The summed E-state index contributed by atoms with van der Waals surface area (Å²) in [6, 6.07) is 3.70. The molecule has 1 aromatic heterocycles. The highest BCUT2D eigenvalue weighted by Gasteiger charge is 2.04. The van der Waals surface area contributed by atoms with Crippen LogP contribution in [0.1, 0.15) is 29.4 Å². The van der Waals surface area contributed by atoms with Crippen LogP contribution >= 0.6 is 35.3 Å². The molecule has 1 aromatic rings. The number of amides is 1. The zero-order valence-electron chi connectivity index (χ0n) is 15.6. The van der Waals surface area contributed by atoms with Crippen molar-refractivity contribution in [2.24, 2.45) is 4.99 Å². The lowest BCUT2D eigenvalue weighted by atomic mass is 10.4. The van der Waals surface area contributed by atoms with Gasteiger partial charge in [-0.2, -0.15) is 0 Å². The van der Waals surface area contributed by atoms with Crippen molar-refractivity contribution >= 4 is 47.2 Å². The fourth-order valence-electron chi connectivity index (χ4n) is 1.93. The Kier molecular flexibility index (Phi) is 16.9. The number of ether oxygens (including phenoxy) is 2. The number of thiophene rings is 1. The molecule has 26 heavy (non-hydrogen) atoms. The standard InChI is InChI=1S/C17H30N4O3S.HI/c1-3-18-17(21-10-6-11-24-13-12-23-2)20-9-5-8-19-16(22)15-7-4-14-25-15;/h4,7,14H,3,5-6,8-13H2,1-2H3,(H,19,22)(H2,18,20,21);1H. The number of carbonyl (C=O) groups excluding carboxylic acids is 1. The molecule has 3 N–H and O–H groups in total. The minimum atomic E-state index is -0.0162. The molecule has 0 saturated heterocycles. The zero-order valence-corrected chi connectivity index (χ0v) is 18.7. The number of aliphatic imine (C=N–C) groups is 1. The minimum Gasteiger partial charge on any atom is -0.382 e. The summed E-state index contributed by atoms with van der Waals surface area (Å²) >= 11 is 1.45.